The normalized spacial score (nSPS) is 20.3. The van der Waals surface area contributed by atoms with E-state index in [1.165, 1.54) is 11.8 Å². The van der Waals surface area contributed by atoms with Gasteiger partial charge < -0.3 is 19.1 Å². The molecule has 0 N–H and O–H groups in total. The van der Waals surface area contributed by atoms with Gasteiger partial charge in [0.2, 0.25) is 0 Å². The summed E-state index contributed by atoms with van der Waals surface area (Å²) < 4.78 is 11.8. The molecule has 0 bridgehead atoms. The maximum absolute atomic E-state index is 12.2. The lowest BCUT2D eigenvalue weighted by Crippen LogP contribution is -2.49. The van der Waals surface area contributed by atoms with E-state index in [0.29, 0.717) is 48.7 Å². The summed E-state index contributed by atoms with van der Waals surface area (Å²) in [6.45, 7) is 4.01. The van der Waals surface area contributed by atoms with Crippen molar-refractivity contribution in [3.05, 3.63) is 59.7 Å². The van der Waals surface area contributed by atoms with Crippen LogP contribution in [0.4, 0.5) is 4.79 Å². The summed E-state index contributed by atoms with van der Waals surface area (Å²) in [5.74, 6) is 7.04. The van der Waals surface area contributed by atoms with Crippen LogP contribution in [0.5, 0.6) is 5.75 Å². The topological polar surface area (TPSA) is 91.6 Å². The van der Waals surface area contributed by atoms with Gasteiger partial charge in [-0.3, -0.25) is 9.55 Å². The maximum Gasteiger partial charge on any atom is 0.410 e. The fourth-order valence-corrected chi connectivity index (χ4v) is 11.5. The van der Waals surface area contributed by atoms with E-state index in [9.17, 15) is 4.79 Å². The molecule has 1 aromatic carbocycles. The number of nitrogens with zero attached hydrogens (tertiary/aromatic N) is 5. The monoisotopic (exact) mass is 821 g/mol. The Kier molecular flexibility index (Phi) is 11.8. The van der Waals surface area contributed by atoms with Gasteiger partial charge >= 0.3 is 6.09 Å². The number of aromatic nitrogens is 4. The number of carbonyl (C=O) groups excluding carboxylic acids is 1. The van der Waals surface area contributed by atoms with Gasteiger partial charge in [0, 0.05) is 24.8 Å². The molecule has 2 aliphatic rings. The van der Waals surface area contributed by atoms with Crippen LogP contribution < -0.4 is 4.74 Å². The van der Waals surface area contributed by atoms with Crippen molar-refractivity contribution in [2.45, 2.75) is 39.1 Å². The van der Waals surface area contributed by atoms with Gasteiger partial charge in [-0.05, 0) is 42.8 Å². The van der Waals surface area contributed by atoms with Crippen LogP contribution in [0.25, 0.3) is 5.69 Å². The second-order valence-electron chi connectivity index (χ2n) is 10.6. The largest absolute Gasteiger partial charge is 0.486 e. The van der Waals surface area contributed by atoms with Crippen molar-refractivity contribution in [1.82, 2.24) is 24.6 Å². The van der Waals surface area contributed by atoms with Crippen molar-refractivity contribution in [3.8, 4) is 23.3 Å². The van der Waals surface area contributed by atoms with Gasteiger partial charge in [-0.15, -0.1) is 10.2 Å². The number of hydrogen-bond acceptors (Lipinski definition) is 17. The lowest BCUT2D eigenvalue weighted by Gasteiger charge is -2.43. The van der Waals surface area contributed by atoms with E-state index in [4.69, 9.17) is 128 Å². The molecule has 0 atom stereocenters. The maximum atomic E-state index is 12.2. The van der Waals surface area contributed by atoms with Crippen LogP contribution in [-0.4, -0.2) is 84.0 Å². The molecule has 0 unspecified atom stereocenters. The number of aryl methyl sites for hydroxylation is 1. The first-order valence-corrected chi connectivity index (χ1v) is 18.7. The summed E-state index contributed by atoms with van der Waals surface area (Å²) in [6, 6.07) is 9.19. The molecule has 19 heteroatoms. The number of thiol groups is 9. The molecule has 9 nitrogen and oxygen atoms in total. The van der Waals surface area contributed by atoms with Gasteiger partial charge in [0.15, 0.2) is 17.6 Å². The van der Waals surface area contributed by atoms with E-state index < -0.39 is 26.5 Å². The summed E-state index contributed by atoms with van der Waals surface area (Å²) in [5, 5.41) is 9.33. The van der Waals surface area contributed by atoms with Crippen LogP contribution in [0.2, 0.25) is 0 Å². The van der Waals surface area contributed by atoms with Gasteiger partial charge in [-0.2, -0.15) is 114 Å². The second-order valence-corrected chi connectivity index (χ2v) is 19.5. The smallest absolute Gasteiger partial charge is 0.410 e. The van der Waals surface area contributed by atoms with Gasteiger partial charge in [0.1, 0.15) is 32.8 Å². The molecule has 3 aromatic rings. The molecule has 3 heterocycles. The van der Waals surface area contributed by atoms with Crippen LogP contribution in [-0.2, 0) is 16.1 Å². The minimum atomic E-state index is -1.36. The third-order valence-corrected chi connectivity index (χ3v) is 18.7. The summed E-state index contributed by atoms with van der Waals surface area (Å²) in [5.41, 5.74) is 2.36. The highest BCUT2D eigenvalue weighted by molar-refractivity contribution is 8.21. The van der Waals surface area contributed by atoms with Crippen molar-refractivity contribution in [2.24, 2.45) is 0 Å². The number of benzene rings is 1. The number of hydrogen-bond donors (Lipinski definition) is 9. The predicted octanol–water partition coefficient (Wildman–Crippen LogP) is 5.33. The van der Waals surface area contributed by atoms with Crippen molar-refractivity contribution < 1.29 is 19.0 Å². The van der Waals surface area contributed by atoms with Crippen molar-refractivity contribution >= 4 is 132 Å². The first kappa shape index (κ1) is 37.8. The van der Waals surface area contributed by atoms with E-state index in [2.05, 4.69) is 27.0 Å². The average molecular weight is 822 g/mol. The molecule has 1 saturated carbocycles. The first-order chi connectivity index (χ1) is 22.0. The molecule has 5 rings (SSSR count). The highest BCUT2D eigenvalue weighted by atomic mass is 32.2. The number of ether oxygens (including phenoxy) is 3. The highest BCUT2D eigenvalue weighted by Crippen LogP contribution is 2.78. The quantitative estimate of drug-likeness (QED) is 0.0900. The predicted molar refractivity (Wildman–Crippen MR) is 216 cm³/mol. The summed E-state index contributed by atoms with van der Waals surface area (Å²) >= 11 is 44.5. The Balaban J connectivity index is 1.34. The molecular formula is C28H31N5O4S10. The van der Waals surface area contributed by atoms with Crippen LogP contribution in [0.1, 0.15) is 17.0 Å². The van der Waals surface area contributed by atoms with Crippen molar-refractivity contribution in [2.75, 3.05) is 32.9 Å². The molecule has 2 aromatic heterocycles. The van der Waals surface area contributed by atoms with E-state index in [1.54, 1.807) is 27.9 Å². The van der Waals surface area contributed by atoms with E-state index in [0.717, 1.165) is 11.1 Å². The molecular weight excluding hydrogens is 791 g/mol. The minimum absolute atomic E-state index is 0.0130. The van der Waals surface area contributed by atoms with E-state index >= 15 is 0 Å². The number of morpholine rings is 1. The van der Waals surface area contributed by atoms with Crippen molar-refractivity contribution in [1.29, 1.82) is 0 Å². The zero-order chi connectivity index (χ0) is 34.3. The van der Waals surface area contributed by atoms with Gasteiger partial charge in [0.25, 0.3) is 0 Å². The minimum Gasteiger partial charge on any atom is -0.486 e. The zero-order valence-corrected chi connectivity index (χ0v) is 33.5. The SMILES string of the molecule is Cc1cc(OCc2nnc(SC3(S)C(S)(S)C(S)(S)C(S)(S)C3(S)S)n2-c2cccnc2)ccc1C#CCOC(=O)N1CCOCC1. The molecule has 0 spiro atoms. The third-order valence-electron chi connectivity index (χ3n) is 7.57. The first-order valence-electron chi connectivity index (χ1n) is 13.8. The molecule has 252 valence electrons. The molecule has 1 amide bonds. The van der Waals surface area contributed by atoms with Gasteiger partial charge in [0.05, 0.1) is 25.1 Å². The number of thioether (sulfide) groups is 1. The van der Waals surface area contributed by atoms with Crippen LogP contribution in [0.3, 0.4) is 0 Å². The Morgan fingerprint density at radius 3 is 2.28 bits per heavy atom. The zero-order valence-electron chi connectivity index (χ0n) is 24.6. The van der Waals surface area contributed by atoms with Gasteiger partial charge in [-0.25, -0.2) is 4.79 Å². The Bertz CT molecular complexity index is 1660. The summed E-state index contributed by atoms with van der Waals surface area (Å²) in [7, 11) is 0. The Morgan fingerprint density at radius 1 is 0.979 bits per heavy atom. The van der Waals surface area contributed by atoms with E-state index in [1.807, 2.05) is 31.2 Å². The van der Waals surface area contributed by atoms with Gasteiger partial charge in [-0.1, -0.05) is 23.6 Å². The molecule has 1 aliphatic carbocycles. The Morgan fingerprint density at radius 2 is 1.66 bits per heavy atom. The Labute approximate surface area is 327 Å². The summed E-state index contributed by atoms with van der Waals surface area (Å²) in [6.07, 6.45) is 2.95. The Hall–Kier alpha value is -0.400. The fraction of sp³-hybridized carbons (Fsp3) is 0.429. The molecule has 0 radical (unpaired) electrons. The standard InChI is InChI=1S/C28H31N5O4S10/c1-17-14-20(7-6-18(17)4-3-11-36-23(34)32-9-12-35-13-10-32)37-16-21-30-31-22(33(21)19-5-2-8-29-15-19)47-28(46)26(42,43)24(38,39)25(40,41)27(28,44)45/h2,5-8,14-15,38-46H,9-13,16H2,1H3. The molecule has 47 heavy (non-hydrogen) atoms. The highest BCUT2D eigenvalue weighted by Gasteiger charge is 2.81. The lowest BCUT2D eigenvalue weighted by molar-refractivity contribution is 0.0306. The van der Waals surface area contributed by atoms with E-state index in [-0.39, 0.29) is 13.2 Å². The van der Waals surface area contributed by atoms with Crippen LogP contribution in [0, 0.1) is 18.8 Å². The summed E-state index contributed by atoms with van der Waals surface area (Å²) in [4.78, 5) is 18.0. The average Bonchev–Trinajstić information content (AvgIpc) is 3.46. The second kappa shape index (κ2) is 14.7. The lowest BCUT2D eigenvalue weighted by atomic mass is 10.1. The van der Waals surface area contributed by atoms with Crippen LogP contribution in [0.15, 0.2) is 47.9 Å². The number of amides is 1. The number of carbonyl (C=O) groups is 1. The van der Waals surface area contributed by atoms with Crippen molar-refractivity contribution in [3.63, 3.8) is 0 Å². The van der Waals surface area contributed by atoms with Crippen LogP contribution >= 0.6 is 125 Å². The fourth-order valence-electron chi connectivity index (χ4n) is 4.76. The number of rotatable bonds is 7. The molecule has 1 saturated heterocycles. The number of pyridine rings is 1. The molecule has 2 fully saturated rings. The third kappa shape index (κ3) is 6.96. The molecule has 1 aliphatic heterocycles.